The van der Waals surface area contributed by atoms with Crippen molar-refractivity contribution >= 4 is 17.2 Å². The van der Waals surface area contributed by atoms with Crippen molar-refractivity contribution in [3.8, 4) is 0 Å². The first-order valence-electron chi connectivity index (χ1n) is 6.53. The quantitative estimate of drug-likeness (QED) is 0.915. The lowest BCUT2D eigenvalue weighted by Gasteiger charge is -2.22. The van der Waals surface area contributed by atoms with E-state index in [0.717, 1.165) is 30.0 Å². The minimum atomic E-state index is -0.0176. The summed E-state index contributed by atoms with van der Waals surface area (Å²) in [5.74, 6) is -0.0176. The highest BCUT2D eigenvalue weighted by Crippen LogP contribution is 2.33. The van der Waals surface area contributed by atoms with Crippen LogP contribution in [0.5, 0.6) is 0 Å². The van der Waals surface area contributed by atoms with Crippen molar-refractivity contribution < 1.29 is 4.79 Å². The first-order chi connectivity index (χ1) is 9.15. The summed E-state index contributed by atoms with van der Waals surface area (Å²) in [6.07, 6.45) is 5.07. The number of hydrogen-bond donors (Lipinski definition) is 1. The van der Waals surface area contributed by atoms with E-state index in [1.165, 1.54) is 4.88 Å². The zero-order valence-corrected chi connectivity index (χ0v) is 12.0. The predicted molar refractivity (Wildman–Crippen MR) is 75.4 cm³/mol. The van der Waals surface area contributed by atoms with E-state index in [1.807, 2.05) is 36.9 Å². The zero-order valence-electron chi connectivity index (χ0n) is 11.1. The molecule has 1 amide bonds. The Kier molecular flexibility index (Phi) is 3.14. The van der Waals surface area contributed by atoms with Crippen LogP contribution in [0.1, 0.15) is 45.0 Å². The maximum absolute atomic E-state index is 12.3. The molecule has 0 aromatic carbocycles. The van der Waals surface area contributed by atoms with Gasteiger partial charge < -0.3 is 9.88 Å². The Bertz CT molecular complexity index is 614. The highest BCUT2D eigenvalue weighted by Gasteiger charge is 2.26. The molecule has 1 atom stereocenters. The molecule has 1 aliphatic carbocycles. The molecule has 0 spiro atoms. The van der Waals surface area contributed by atoms with Gasteiger partial charge in [0.25, 0.3) is 5.91 Å². The normalized spacial score (nSPS) is 18.1. The molecule has 5 heteroatoms. The van der Waals surface area contributed by atoms with E-state index in [4.69, 9.17) is 0 Å². The summed E-state index contributed by atoms with van der Waals surface area (Å²) < 4.78 is 1.84. The molecular weight excluding hydrogens is 258 g/mol. The van der Waals surface area contributed by atoms with Crippen LogP contribution in [0, 0.1) is 6.92 Å². The summed E-state index contributed by atoms with van der Waals surface area (Å²) in [5, 5.41) is 4.20. The molecule has 1 N–H and O–H groups in total. The van der Waals surface area contributed by atoms with Crippen molar-refractivity contribution in [1.29, 1.82) is 0 Å². The van der Waals surface area contributed by atoms with Gasteiger partial charge in [0, 0.05) is 18.1 Å². The largest absolute Gasteiger partial charge is 0.347 e. The van der Waals surface area contributed by atoms with Crippen LogP contribution in [0.2, 0.25) is 0 Å². The molecule has 100 valence electrons. The van der Waals surface area contributed by atoms with Gasteiger partial charge in [-0.15, -0.1) is 11.3 Å². The molecule has 4 nitrogen and oxygen atoms in total. The van der Waals surface area contributed by atoms with E-state index in [1.54, 1.807) is 11.3 Å². The van der Waals surface area contributed by atoms with Crippen LogP contribution in [-0.4, -0.2) is 15.5 Å². The standard InChI is InChI=1S/C14H17N3OS/c1-9-15-13-10(5-3-7-12(13)19-9)16-14(18)11-6-4-8-17(11)2/h4,6,8,10H,3,5,7H2,1-2H3,(H,16,18). The van der Waals surface area contributed by atoms with Gasteiger partial charge in [-0.1, -0.05) is 0 Å². The number of fused-ring (bicyclic) bond motifs is 1. The van der Waals surface area contributed by atoms with E-state index in [0.29, 0.717) is 5.69 Å². The smallest absolute Gasteiger partial charge is 0.268 e. The first kappa shape index (κ1) is 12.4. The molecule has 0 fully saturated rings. The number of hydrogen-bond acceptors (Lipinski definition) is 3. The Labute approximate surface area is 116 Å². The van der Waals surface area contributed by atoms with Gasteiger partial charge in [-0.3, -0.25) is 4.79 Å². The number of amides is 1. The molecule has 3 rings (SSSR count). The first-order valence-corrected chi connectivity index (χ1v) is 7.35. The number of carbonyl (C=O) groups is 1. The number of rotatable bonds is 2. The molecule has 0 bridgehead atoms. The lowest BCUT2D eigenvalue weighted by atomic mass is 9.97. The van der Waals surface area contributed by atoms with E-state index >= 15 is 0 Å². The molecular formula is C14H17N3OS. The van der Waals surface area contributed by atoms with Gasteiger partial charge in [0.15, 0.2) is 0 Å². The highest BCUT2D eigenvalue weighted by molar-refractivity contribution is 7.11. The number of thiazole rings is 1. The van der Waals surface area contributed by atoms with Crippen LogP contribution in [0.3, 0.4) is 0 Å². The number of aromatic nitrogens is 2. The minimum absolute atomic E-state index is 0.0176. The third kappa shape index (κ3) is 2.30. The Balaban J connectivity index is 1.81. The molecule has 2 aromatic rings. The monoisotopic (exact) mass is 275 g/mol. The molecule has 1 unspecified atom stereocenters. The molecule has 19 heavy (non-hydrogen) atoms. The Morgan fingerprint density at radius 1 is 1.58 bits per heavy atom. The summed E-state index contributed by atoms with van der Waals surface area (Å²) in [6, 6.07) is 3.79. The van der Waals surface area contributed by atoms with Crippen LogP contribution in [0.25, 0.3) is 0 Å². The summed E-state index contributed by atoms with van der Waals surface area (Å²) in [5.41, 5.74) is 1.77. The second kappa shape index (κ2) is 4.81. The zero-order chi connectivity index (χ0) is 13.4. The molecule has 2 aromatic heterocycles. The Hall–Kier alpha value is -1.62. The van der Waals surface area contributed by atoms with Crippen molar-refractivity contribution in [1.82, 2.24) is 14.9 Å². The fraction of sp³-hybridized carbons (Fsp3) is 0.429. The topological polar surface area (TPSA) is 46.9 Å². The van der Waals surface area contributed by atoms with Crippen LogP contribution in [0.4, 0.5) is 0 Å². The van der Waals surface area contributed by atoms with E-state index < -0.39 is 0 Å². The summed E-state index contributed by atoms with van der Waals surface area (Å²) >= 11 is 1.75. The predicted octanol–water partition coefficient (Wildman–Crippen LogP) is 2.60. The summed E-state index contributed by atoms with van der Waals surface area (Å²) in [4.78, 5) is 18.2. The van der Waals surface area contributed by atoms with Crippen molar-refractivity contribution in [2.75, 3.05) is 0 Å². The highest BCUT2D eigenvalue weighted by atomic mass is 32.1. The molecule has 2 heterocycles. The fourth-order valence-electron chi connectivity index (χ4n) is 2.61. The summed E-state index contributed by atoms with van der Waals surface area (Å²) in [6.45, 7) is 2.03. The average Bonchev–Trinajstić information content (AvgIpc) is 2.94. The molecule has 0 saturated heterocycles. The second-order valence-electron chi connectivity index (χ2n) is 4.96. The van der Waals surface area contributed by atoms with Gasteiger partial charge in [0.2, 0.25) is 0 Å². The van der Waals surface area contributed by atoms with Gasteiger partial charge >= 0.3 is 0 Å². The minimum Gasteiger partial charge on any atom is -0.347 e. The number of nitrogens with zero attached hydrogens (tertiary/aromatic N) is 2. The van der Waals surface area contributed by atoms with E-state index in [-0.39, 0.29) is 11.9 Å². The third-order valence-electron chi connectivity index (χ3n) is 3.54. The Morgan fingerprint density at radius 3 is 3.16 bits per heavy atom. The van der Waals surface area contributed by atoms with Gasteiger partial charge in [-0.05, 0) is 38.3 Å². The number of carbonyl (C=O) groups excluding carboxylic acids is 1. The van der Waals surface area contributed by atoms with Gasteiger partial charge in [-0.2, -0.15) is 0 Å². The van der Waals surface area contributed by atoms with Crippen LogP contribution in [-0.2, 0) is 13.5 Å². The van der Waals surface area contributed by atoms with Crippen LogP contribution < -0.4 is 5.32 Å². The lowest BCUT2D eigenvalue weighted by molar-refractivity contribution is 0.0923. The lowest BCUT2D eigenvalue weighted by Crippen LogP contribution is -2.32. The maximum Gasteiger partial charge on any atom is 0.268 e. The van der Waals surface area contributed by atoms with E-state index in [2.05, 4.69) is 10.3 Å². The molecule has 0 radical (unpaired) electrons. The SMILES string of the molecule is Cc1nc2c(s1)CCCC2NC(=O)c1cccn1C. The van der Waals surface area contributed by atoms with Crippen molar-refractivity contribution in [3.63, 3.8) is 0 Å². The van der Waals surface area contributed by atoms with Crippen molar-refractivity contribution in [2.24, 2.45) is 7.05 Å². The number of nitrogens with one attached hydrogen (secondary N) is 1. The van der Waals surface area contributed by atoms with Gasteiger partial charge in [-0.25, -0.2) is 4.98 Å². The molecule has 1 aliphatic rings. The van der Waals surface area contributed by atoms with E-state index in [9.17, 15) is 4.79 Å². The second-order valence-corrected chi connectivity index (χ2v) is 6.25. The average molecular weight is 275 g/mol. The van der Waals surface area contributed by atoms with Crippen molar-refractivity contribution in [2.45, 2.75) is 32.2 Å². The van der Waals surface area contributed by atoms with Crippen LogP contribution in [0.15, 0.2) is 18.3 Å². The third-order valence-corrected chi connectivity index (χ3v) is 4.59. The van der Waals surface area contributed by atoms with Gasteiger partial charge in [0.05, 0.1) is 16.7 Å². The maximum atomic E-state index is 12.3. The number of aryl methyl sites for hydroxylation is 3. The molecule has 0 saturated carbocycles. The Morgan fingerprint density at radius 2 is 2.42 bits per heavy atom. The van der Waals surface area contributed by atoms with Crippen molar-refractivity contribution in [3.05, 3.63) is 39.6 Å². The summed E-state index contributed by atoms with van der Waals surface area (Å²) in [7, 11) is 1.88. The molecule has 0 aliphatic heterocycles. The van der Waals surface area contributed by atoms with Gasteiger partial charge in [0.1, 0.15) is 5.69 Å². The van der Waals surface area contributed by atoms with Crippen LogP contribution >= 0.6 is 11.3 Å². The fourth-order valence-corrected chi connectivity index (χ4v) is 3.65.